The molecule has 0 saturated carbocycles. The van der Waals surface area contributed by atoms with Crippen molar-refractivity contribution in [1.82, 2.24) is 0 Å². The van der Waals surface area contributed by atoms with Crippen LogP contribution in [0, 0.1) is 13.8 Å². The Morgan fingerprint density at radius 3 is 1.05 bits per heavy atom. The SMILES string of the molecule is Cc1ccccc1O.Cc1ccccc1O.F.F.[Ti]. The summed E-state index contributed by atoms with van der Waals surface area (Å²) in [4.78, 5) is 0. The van der Waals surface area contributed by atoms with E-state index in [4.69, 9.17) is 10.2 Å². The van der Waals surface area contributed by atoms with Gasteiger partial charge in [0.05, 0.1) is 0 Å². The molecule has 0 spiro atoms. The van der Waals surface area contributed by atoms with Gasteiger partial charge in [-0.2, -0.15) is 0 Å². The summed E-state index contributed by atoms with van der Waals surface area (Å²) in [5.41, 5.74) is 1.85. The van der Waals surface area contributed by atoms with E-state index in [0.717, 1.165) is 11.1 Å². The first kappa shape index (κ1) is 22.8. The number of benzene rings is 2. The molecule has 2 rings (SSSR count). The number of para-hydroxylation sites is 2. The van der Waals surface area contributed by atoms with E-state index >= 15 is 0 Å². The molecule has 0 unspecified atom stereocenters. The largest absolute Gasteiger partial charge is 0.508 e. The third-order valence-corrected chi connectivity index (χ3v) is 2.23. The Bertz CT molecular complexity index is 379. The number of hydrogen-bond acceptors (Lipinski definition) is 2. The van der Waals surface area contributed by atoms with Gasteiger partial charge in [0.1, 0.15) is 11.5 Å². The van der Waals surface area contributed by atoms with Gasteiger partial charge in [0.15, 0.2) is 0 Å². The number of phenols is 2. The number of hydrogen-bond donors (Lipinski definition) is 2. The minimum Gasteiger partial charge on any atom is -0.508 e. The molecule has 0 amide bonds. The Hall–Kier alpha value is -1.39. The molecule has 0 aliphatic rings. The summed E-state index contributed by atoms with van der Waals surface area (Å²) in [6, 6.07) is 14.5. The molecule has 0 atom stereocenters. The number of aryl methyl sites for hydroxylation is 2. The standard InChI is InChI=1S/2C7H8O.2FH.Ti/c2*1-6-4-2-3-5-7(6)8;;;/h2*2-5,8H,1H3;2*1H;. The van der Waals surface area contributed by atoms with Crippen molar-refractivity contribution in [2.45, 2.75) is 13.8 Å². The van der Waals surface area contributed by atoms with Crippen LogP contribution < -0.4 is 0 Å². The zero-order valence-electron chi connectivity index (χ0n) is 10.8. The van der Waals surface area contributed by atoms with Crippen LogP contribution in [0.3, 0.4) is 0 Å². The zero-order chi connectivity index (χ0) is 12.0. The van der Waals surface area contributed by atoms with Gasteiger partial charge in [0.25, 0.3) is 0 Å². The van der Waals surface area contributed by atoms with Crippen molar-refractivity contribution < 1.29 is 41.3 Å². The van der Waals surface area contributed by atoms with Crippen LogP contribution >= 0.6 is 0 Å². The molecule has 0 radical (unpaired) electrons. The first-order valence-corrected chi connectivity index (χ1v) is 5.10. The molecule has 0 fully saturated rings. The molecule has 2 aromatic rings. The maximum Gasteiger partial charge on any atom is 0.118 e. The van der Waals surface area contributed by atoms with Gasteiger partial charge in [-0.05, 0) is 37.1 Å². The van der Waals surface area contributed by atoms with E-state index in [9.17, 15) is 0 Å². The Morgan fingerprint density at radius 1 is 0.632 bits per heavy atom. The molecule has 0 bridgehead atoms. The number of halogens is 2. The molecule has 0 saturated heterocycles. The van der Waals surface area contributed by atoms with Crippen LogP contribution in [0.4, 0.5) is 9.41 Å². The second-order valence-electron chi connectivity index (χ2n) is 3.57. The van der Waals surface area contributed by atoms with E-state index in [0.29, 0.717) is 11.5 Å². The van der Waals surface area contributed by atoms with E-state index < -0.39 is 0 Å². The fraction of sp³-hybridized carbons (Fsp3) is 0.143. The zero-order valence-corrected chi connectivity index (χ0v) is 12.4. The third kappa shape index (κ3) is 8.35. The Balaban J connectivity index is -0.000000233. The van der Waals surface area contributed by atoms with Gasteiger partial charge < -0.3 is 10.2 Å². The summed E-state index contributed by atoms with van der Waals surface area (Å²) >= 11 is 0. The fourth-order valence-electron chi connectivity index (χ4n) is 1.13. The van der Waals surface area contributed by atoms with Crippen molar-refractivity contribution >= 4 is 0 Å². The molecule has 0 heterocycles. The van der Waals surface area contributed by atoms with E-state index in [1.165, 1.54) is 0 Å². The number of phenolic OH excluding ortho intramolecular Hbond substituents is 2. The maximum absolute atomic E-state index is 8.92. The van der Waals surface area contributed by atoms with E-state index in [-0.39, 0.29) is 31.1 Å². The summed E-state index contributed by atoms with van der Waals surface area (Å²) in [7, 11) is 0. The van der Waals surface area contributed by atoms with Crippen LogP contribution in [0.1, 0.15) is 11.1 Å². The molecule has 2 aromatic carbocycles. The summed E-state index contributed by atoms with van der Waals surface area (Å²) in [6.07, 6.45) is 0. The number of rotatable bonds is 0. The van der Waals surface area contributed by atoms with Gasteiger partial charge in [-0.25, -0.2) is 0 Å². The van der Waals surface area contributed by atoms with Crippen LogP contribution in [0.25, 0.3) is 0 Å². The Morgan fingerprint density at radius 2 is 0.895 bits per heavy atom. The minimum atomic E-state index is 0. The van der Waals surface area contributed by atoms with Gasteiger partial charge in [-0.1, -0.05) is 36.4 Å². The molecule has 0 aliphatic carbocycles. The van der Waals surface area contributed by atoms with Crippen LogP contribution in [-0.4, -0.2) is 10.2 Å². The molecule has 0 aliphatic heterocycles. The normalized spacial score (nSPS) is 7.68. The van der Waals surface area contributed by atoms with Crippen LogP contribution in [0.5, 0.6) is 11.5 Å². The summed E-state index contributed by atoms with van der Waals surface area (Å²) < 4.78 is 0. The van der Waals surface area contributed by atoms with Crippen molar-refractivity contribution in [3.63, 3.8) is 0 Å². The molecule has 19 heavy (non-hydrogen) atoms. The molecular weight excluding hydrogens is 286 g/mol. The molecule has 2 N–H and O–H groups in total. The van der Waals surface area contributed by atoms with Crippen molar-refractivity contribution in [3.05, 3.63) is 59.7 Å². The van der Waals surface area contributed by atoms with E-state index in [1.54, 1.807) is 12.1 Å². The van der Waals surface area contributed by atoms with Gasteiger partial charge >= 0.3 is 0 Å². The third-order valence-electron chi connectivity index (χ3n) is 2.23. The Kier molecular flexibility index (Phi) is 14.0. The van der Waals surface area contributed by atoms with Crippen LogP contribution in [0.2, 0.25) is 0 Å². The van der Waals surface area contributed by atoms with E-state index in [2.05, 4.69) is 0 Å². The average molecular weight is 304 g/mol. The van der Waals surface area contributed by atoms with Crippen molar-refractivity contribution in [2.75, 3.05) is 0 Å². The second kappa shape index (κ2) is 11.7. The van der Waals surface area contributed by atoms with Gasteiger partial charge in [0, 0.05) is 21.7 Å². The maximum atomic E-state index is 8.92. The Labute approximate surface area is 126 Å². The monoisotopic (exact) mass is 304 g/mol. The number of aromatic hydroxyl groups is 2. The summed E-state index contributed by atoms with van der Waals surface area (Å²) in [5, 5.41) is 17.8. The van der Waals surface area contributed by atoms with Gasteiger partial charge in [0.2, 0.25) is 0 Å². The summed E-state index contributed by atoms with van der Waals surface area (Å²) in [6.45, 7) is 3.74. The summed E-state index contributed by atoms with van der Waals surface area (Å²) in [5.74, 6) is 0.736. The molecule has 5 heteroatoms. The predicted octanol–water partition coefficient (Wildman–Crippen LogP) is 3.70. The smallest absolute Gasteiger partial charge is 0.118 e. The van der Waals surface area contributed by atoms with Crippen molar-refractivity contribution in [1.29, 1.82) is 0 Å². The first-order valence-electron chi connectivity index (χ1n) is 5.10. The molecule has 2 nitrogen and oxygen atoms in total. The quantitative estimate of drug-likeness (QED) is 0.729. The fourth-order valence-corrected chi connectivity index (χ4v) is 1.13. The van der Waals surface area contributed by atoms with Crippen molar-refractivity contribution in [3.8, 4) is 11.5 Å². The predicted molar refractivity (Wildman–Crippen MR) is 70.7 cm³/mol. The first-order chi connectivity index (χ1) is 7.61. The van der Waals surface area contributed by atoms with Crippen molar-refractivity contribution in [2.24, 2.45) is 0 Å². The minimum absolute atomic E-state index is 0. The average Bonchev–Trinajstić information content (AvgIpc) is 2.28. The van der Waals surface area contributed by atoms with E-state index in [1.807, 2.05) is 50.2 Å². The van der Waals surface area contributed by atoms with Gasteiger partial charge in [-0.15, -0.1) is 0 Å². The van der Waals surface area contributed by atoms with Crippen LogP contribution in [0.15, 0.2) is 48.5 Å². The second-order valence-corrected chi connectivity index (χ2v) is 3.57. The van der Waals surface area contributed by atoms with Crippen LogP contribution in [-0.2, 0) is 21.7 Å². The molecule has 0 aromatic heterocycles. The molecular formula is C14H18F2O2Ti. The topological polar surface area (TPSA) is 40.5 Å². The van der Waals surface area contributed by atoms with Gasteiger partial charge in [-0.3, -0.25) is 9.41 Å². The molecule has 104 valence electrons.